The zero-order valence-electron chi connectivity index (χ0n) is 10.1. The molecule has 0 aliphatic heterocycles. The Labute approximate surface area is 110 Å². The number of carbonyl (C=O) groups excluding carboxylic acids is 1. The number of rotatable bonds is 2. The molecule has 2 heteroatoms. The molecule has 0 amide bonds. The van der Waals surface area contributed by atoms with Crippen molar-refractivity contribution in [3.63, 3.8) is 0 Å². The molecule has 0 N–H and O–H groups in total. The summed E-state index contributed by atoms with van der Waals surface area (Å²) in [6.07, 6.45) is 0.527. The maximum Gasteiger partial charge on any atom is 0.152 e. The van der Waals surface area contributed by atoms with Crippen LogP contribution in [-0.2, 0) is 0 Å². The molecule has 92 valence electrons. The fraction of sp³-hybridized carbons (Fsp3) is 0. The van der Waals surface area contributed by atoms with E-state index < -0.39 is 5.82 Å². The molecule has 1 nitrogen and oxygen atoms in total. The lowest BCUT2D eigenvalue weighted by Gasteiger charge is -2.05. The van der Waals surface area contributed by atoms with Crippen LogP contribution >= 0.6 is 0 Å². The molecule has 0 unspecified atom stereocenters. The number of fused-ring (bicyclic) bond motifs is 1. The lowest BCUT2D eigenvalue weighted by atomic mass is 10.0. The van der Waals surface area contributed by atoms with Crippen molar-refractivity contribution in [3.8, 4) is 11.1 Å². The Morgan fingerprint density at radius 1 is 0.789 bits per heavy atom. The number of hydrogen-bond donors (Lipinski definition) is 0. The lowest BCUT2D eigenvalue weighted by Crippen LogP contribution is -1.88. The van der Waals surface area contributed by atoms with Gasteiger partial charge in [-0.3, -0.25) is 4.79 Å². The largest absolute Gasteiger partial charge is 0.298 e. The standard InChI is InChI=1S/C17H11FO/c18-17-10-15(7-8-16(17)11-19)14-6-5-12-3-1-2-4-13(12)9-14/h1-11H. The van der Waals surface area contributed by atoms with Gasteiger partial charge >= 0.3 is 0 Å². The molecule has 0 radical (unpaired) electrons. The highest BCUT2D eigenvalue weighted by Gasteiger charge is 2.05. The van der Waals surface area contributed by atoms with E-state index in [4.69, 9.17) is 0 Å². The second-order valence-electron chi connectivity index (χ2n) is 4.42. The molecule has 0 spiro atoms. The second-order valence-corrected chi connectivity index (χ2v) is 4.42. The van der Waals surface area contributed by atoms with E-state index in [1.165, 1.54) is 12.1 Å². The molecule has 0 aliphatic rings. The first-order valence-electron chi connectivity index (χ1n) is 6.02. The number of halogens is 1. The van der Waals surface area contributed by atoms with E-state index in [1.54, 1.807) is 6.07 Å². The third-order valence-corrected chi connectivity index (χ3v) is 3.21. The van der Waals surface area contributed by atoms with Gasteiger partial charge in [-0.1, -0.05) is 42.5 Å². The molecule has 0 bridgehead atoms. The number of carbonyl (C=O) groups is 1. The first kappa shape index (κ1) is 11.6. The van der Waals surface area contributed by atoms with Crippen LogP contribution in [0.25, 0.3) is 21.9 Å². The number of hydrogen-bond acceptors (Lipinski definition) is 1. The number of benzene rings is 3. The van der Waals surface area contributed by atoms with Crippen molar-refractivity contribution in [1.29, 1.82) is 0 Å². The Bertz CT molecular complexity index is 762. The lowest BCUT2D eigenvalue weighted by molar-refractivity contribution is 0.112. The monoisotopic (exact) mass is 250 g/mol. The zero-order chi connectivity index (χ0) is 13.2. The minimum absolute atomic E-state index is 0.0875. The maximum absolute atomic E-state index is 13.6. The first-order valence-corrected chi connectivity index (χ1v) is 6.02. The fourth-order valence-corrected chi connectivity index (χ4v) is 2.17. The highest BCUT2D eigenvalue weighted by Crippen LogP contribution is 2.25. The third kappa shape index (κ3) is 2.13. The van der Waals surface area contributed by atoms with Crippen molar-refractivity contribution in [2.24, 2.45) is 0 Å². The molecule has 0 saturated heterocycles. The van der Waals surface area contributed by atoms with E-state index in [0.717, 1.165) is 21.9 Å². The van der Waals surface area contributed by atoms with Gasteiger partial charge in [0.25, 0.3) is 0 Å². The van der Waals surface area contributed by atoms with Gasteiger partial charge in [0.2, 0.25) is 0 Å². The summed E-state index contributed by atoms with van der Waals surface area (Å²) in [7, 11) is 0. The summed E-state index contributed by atoms with van der Waals surface area (Å²) in [5, 5.41) is 2.26. The summed E-state index contributed by atoms with van der Waals surface area (Å²) in [4.78, 5) is 10.6. The third-order valence-electron chi connectivity index (χ3n) is 3.21. The molecule has 0 aromatic heterocycles. The summed E-state index contributed by atoms with van der Waals surface area (Å²) >= 11 is 0. The van der Waals surface area contributed by atoms with Gasteiger partial charge in [0.1, 0.15) is 5.82 Å². The van der Waals surface area contributed by atoms with E-state index >= 15 is 0 Å². The van der Waals surface area contributed by atoms with Gasteiger partial charge < -0.3 is 0 Å². The number of aldehydes is 1. The maximum atomic E-state index is 13.6. The average molecular weight is 250 g/mol. The highest BCUT2D eigenvalue weighted by atomic mass is 19.1. The predicted octanol–water partition coefficient (Wildman–Crippen LogP) is 4.46. The Morgan fingerprint density at radius 3 is 2.21 bits per heavy atom. The molecule has 0 aliphatic carbocycles. The smallest absolute Gasteiger partial charge is 0.152 e. The minimum Gasteiger partial charge on any atom is -0.298 e. The molecule has 19 heavy (non-hydrogen) atoms. The van der Waals surface area contributed by atoms with E-state index in [-0.39, 0.29) is 5.56 Å². The molecule has 3 aromatic rings. The molecule has 3 aromatic carbocycles. The van der Waals surface area contributed by atoms with E-state index in [0.29, 0.717) is 6.29 Å². The normalized spacial score (nSPS) is 10.6. The Hall–Kier alpha value is -2.48. The molecule has 3 rings (SSSR count). The van der Waals surface area contributed by atoms with Crippen molar-refractivity contribution in [3.05, 3.63) is 72.0 Å². The quantitative estimate of drug-likeness (QED) is 0.614. The van der Waals surface area contributed by atoms with Crippen LogP contribution < -0.4 is 0 Å². The van der Waals surface area contributed by atoms with Crippen molar-refractivity contribution in [2.45, 2.75) is 0 Å². The molecule has 0 saturated carbocycles. The highest BCUT2D eigenvalue weighted by molar-refractivity contribution is 5.87. The molecule has 0 fully saturated rings. The zero-order valence-corrected chi connectivity index (χ0v) is 10.1. The van der Waals surface area contributed by atoms with E-state index in [9.17, 15) is 9.18 Å². The van der Waals surface area contributed by atoms with Gasteiger partial charge in [-0.05, 0) is 40.1 Å². The second kappa shape index (κ2) is 4.65. The van der Waals surface area contributed by atoms with E-state index in [1.807, 2.05) is 42.5 Å². The van der Waals surface area contributed by atoms with Crippen molar-refractivity contribution in [2.75, 3.05) is 0 Å². The van der Waals surface area contributed by atoms with Gasteiger partial charge in [0.15, 0.2) is 6.29 Å². The van der Waals surface area contributed by atoms with Crippen LogP contribution in [-0.4, -0.2) is 6.29 Å². The van der Waals surface area contributed by atoms with Crippen LogP contribution in [0.4, 0.5) is 4.39 Å². The van der Waals surface area contributed by atoms with Gasteiger partial charge in [0.05, 0.1) is 5.56 Å². The van der Waals surface area contributed by atoms with Gasteiger partial charge in [-0.15, -0.1) is 0 Å². The first-order chi connectivity index (χ1) is 9.28. The van der Waals surface area contributed by atoms with Gasteiger partial charge in [-0.25, -0.2) is 4.39 Å². The molecule has 0 atom stereocenters. The predicted molar refractivity (Wildman–Crippen MR) is 74.7 cm³/mol. The van der Waals surface area contributed by atoms with Crippen LogP contribution in [0.15, 0.2) is 60.7 Å². The van der Waals surface area contributed by atoms with Crippen molar-refractivity contribution < 1.29 is 9.18 Å². The SMILES string of the molecule is O=Cc1ccc(-c2ccc3ccccc3c2)cc1F. The topological polar surface area (TPSA) is 17.1 Å². The van der Waals surface area contributed by atoms with Crippen LogP contribution in [0.5, 0.6) is 0 Å². The summed E-state index contributed by atoms with van der Waals surface area (Å²) in [5.74, 6) is -0.486. The van der Waals surface area contributed by atoms with Crippen LogP contribution in [0.1, 0.15) is 10.4 Å². The van der Waals surface area contributed by atoms with Gasteiger partial charge in [-0.2, -0.15) is 0 Å². The Balaban J connectivity index is 2.13. The summed E-state index contributed by atoms with van der Waals surface area (Å²) in [6.45, 7) is 0. The van der Waals surface area contributed by atoms with Crippen LogP contribution in [0, 0.1) is 5.82 Å². The molecule has 0 heterocycles. The summed E-state index contributed by atoms with van der Waals surface area (Å²) in [5.41, 5.74) is 1.80. The van der Waals surface area contributed by atoms with Crippen LogP contribution in [0.3, 0.4) is 0 Å². The molecular weight excluding hydrogens is 239 g/mol. The fourth-order valence-electron chi connectivity index (χ4n) is 2.17. The Morgan fingerprint density at radius 2 is 1.47 bits per heavy atom. The minimum atomic E-state index is -0.486. The van der Waals surface area contributed by atoms with Gasteiger partial charge in [0, 0.05) is 0 Å². The van der Waals surface area contributed by atoms with E-state index in [2.05, 4.69) is 0 Å². The molecular formula is C17H11FO. The summed E-state index contributed by atoms with van der Waals surface area (Å²) in [6, 6.07) is 18.7. The Kier molecular flexibility index (Phi) is 2.84. The van der Waals surface area contributed by atoms with Crippen molar-refractivity contribution >= 4 is 17.1 Å². The average Bonchev–Trinajstić information content (AvgIpc) is 2.46. The van der Waals surface area contributed by atoms with Crippen LogP contribution in [0.2, 0.25) is 0 Å². The van der Waals surface area contributed by atoms with Crippen molar-refractivity contribution in [1.82, 2.24) is 0 Å². The summed E-state index contributed by atoms with van der Waals surface area (Å²) < 4.78 is 13.6.